The number of thiocarbonyl (C=S) groups is 1. The van der Waals surface area contributed by atoms with Crippen molar-refractivity contribution in [1.82, 2.24) is 16.2 Å². The third-order valence-electron chi connectivity index (χ3n) is 4.65. The molecule has 3 rings (SSSR count). The van der Waals surface area contributed by atoms with Gasteiger partial charge in [-0.15, -0.1) is 0 Å². The lowest BCUT2D eigenvalue weighted by molar-refractivity contribution is 0.0933. The third kappa shape index (κ3) is 7.34. The van der Waals surface area contributed by atoms with E-state index in [0.29, 0.717) is 29.4 Å². The van der Waals surface area contributed by atoms with Crippen molar-refractivity contribution in [3.8, 4) is 23.0 Å². The molecule has 3 aromatic rings. The topological polar surface area (TPSA) is 107 Å². The molecule has 0 aliphatic carbocycles. The largest absolute Gasteiger partial charge is 0.493 e. The van der Waals surface area contributed by atoms with Gasteiger partial charge in [0.05, 0.1) is 19.8 Å². The van der Waals surface area contributed by atoms with Gasteiger partial charge in [-0.25, -0.2) is 0 Å². The minimum atomic E-state index is -0.498. The van der Waals surface area contributed by atoms with Crippen molar-refractivity contribution in [1.29, 1.82) is 0 Å². The fourth-order valence-electron chi connectivity index (χ4n) is 2.97. The number of para-hydroxylation sites is 2. The molecule has 0 spiro atoms. The molecule has 35 heavy (non-hydrogen) atoms. The summed E-state index contributed by atoms with van der Waals surface area (Å²) in [6.07, 6.45) is 0. The first kappa shape index (κ1) is 25.3. The molecule has 0 aromatic heterocycles. The van der Waals surface area contributed by atoms with Crippen molar-refractivity contribution in [2.75, 3.05) is 27.4 Å². The first-order valence-corrected chi connectivity index (χ1v) is 11.0. The Morgan fingerprint density at radius 1 is 0.743 bits per heavy atom. The van der Waals surface area contributed by atoms with Gasteiger partial charge in [0, 0.05) is 5.56 Å². The molecule has 9 nitrogen and oxygen atoms in total. The Labute approximate surface area is 208 Å². The van der Waals surface area contributed by atoms with Crippen molar-refractivity contribution >= 4 is 29.1 Å². The Hall–Kier alpha value is -4.31. The van der Waals surface area contributed by atoms with Crippen LogP contribution in [0.1, 0.15) is 20.7 Å². The smallest absolute Gasteiger partial charge is 0.269 e. The molecule has 182 valence electrons. The van der Waals surface area contributed by atoms with E-state index < -0.39 is 11.8 Å². The van der Waals surface area contributed by atoms with Crippen LogP contribution in [0.3, 0.4) is 0 Å². The van der Waals surface area contributed by atoms with Crippen molar-refractivity contribution in [3.05, 3.63) is 83.9 Å². The summed E-state index contributed by atoms with van der Waals surface area (Å²) in [7, 11) is 2.97. The zero-order valence-corrected chi connectivity index (χ0v) is 20.0. The normalized spacial score (nSPS) is 10.0. The number of hydrazine groups is 1. The Morgan fingerprint density at radius 2 is 1.43 bits per heavy atom. The molecule has 0 aliphatic heterocycles. The van der Waals surface area contributed by atoms with Crippen molar-refractivity contribution in [3.63, 3.8) is 0 Å². The minimum Gasteiger partial charge on any atom is -0.493 e. The van der Waals surface area contributed by atoms with Crippen LogP contribution >= 0.6 is 12.2 Å². The summed E-state index contributed by atoms with van der Waals surface area (Å²) in [5, 5.41) is 2.42. The highest BCUT2D eigenvalue weighted by Gasteiger charge is 2.15. The van der Waals surface area contributed by atoms with E-state index in [0.717, 1.165) is 5.75 Å². The molecule has 0 unspecified atom stereocenters. The van der Waals surface area contributed by atoms with E-state index in [1.807, 2.05) is 30.3 Å². The number of ether oxygens (including phenoxy) is 4. The lowest BCUT2D eigenvalue weighted by Crippen LogP contribution is -2.48. The maximum absolute atomic E-state index is 12.7. The highest BCUT2D eigenvalue weighted by molar-refractivity contribution is 7.80. The summed E-state index contributed by atoms with van der Waals surface area (Å²) in [5.41, 5.74) is 5.52. The van der Waals surface area contributed by atoms with Crippen LogP contribution < -0.4 is 35.1 Å². The zero-order valence-electron chi connectivity index (χ0n) is 19.2. The first-order valence-electron chi connectivity index (χ1n) is 10.5. The van der Waals surface area contributed by atoms with E-state index in [9.17, 15) is 9.59 Å². The van der Waals surface area contributed by atoms with Gasteiger partial charge in [-0.2, -0.15) is 0 Å². The number of methoxy groups -OCH3 is 2. The molecule has 0 saturated heterocycles. The Balaban J connectivity index is 1.50. The van der Waals surface area contributed by atoms with Crippen molar-refractivity contribution < 1.29 is 28.5 Å². The van der Waals surface area contributed by atoms with Crippen LogP contribution in [0.2, 0.25) is 0 Å². The van der Waals surface area contributed by atoms with Gasteiger partial charge in [-0.1, -0.05) is 30.3 Å². The van der Waals surface area contributed by atoms with Crippen LogP contribution in [-0.2, 0) is 0 Å². The molecule has 2 amide bonds. The van der Waals surface area contributed by atoms with Gasteiger partial charge in [0.2, 0.25) is 0 Å². The molecule has 3 N–H and O–H groups in total. The van der Waals surface area contributed by atoms with Crippen LogP contribution in [0.4, 0.5) is 0 Å². The van der Waals surface area contributed by atoms with E-state index in [-0.39, 0.29) is 17.3 Å². The van der Waals surface area contributed by atoms with Gasteiger partial charge in [-0.05, 0) is 54.7 Å². The molecule has 0 heterocycles. The average Bonchev–Trinajstić information content (AvgIpc) is 2.90. The molecular formula is C25H25N3O6S. The molecule has 0 atom stereocenters. The predicted octanol–water partition coefficient (Wildman–Crippen LogP) is 3.11. The monoisotopic (exact) mass is 495 g/mol. The van der Waals surface area contributed by atoms with Gasteiger partial charge in [0.1, 0.15) is 24.7 Å². The molecular weight excluding hydrogens is 470 g/mol. The van der Waals surface area contributed by atoms with Gasteiger partial charge >= 0.3 is 0 Å². The van der Waals surface area contributed by atoms with Crippen molar-refractivity contribution in [2.24, 2.45) is 0 Å². The van der Waals surface area contributed by atoms with Crippen LogP contribution in [-0.4, -0.2) is 44.4 Å². The second kappa shape index (κ2) is 12.8. The lowest BCUT2D eigenvalue weighted by Gasteiger charge is -2.14. The minimum absolute atomic E-state index is 0.0916. The van der Waals surface area contributed by atoms with E-state index >= 15 is 0 Å². The number of amides is 2. The maximum atomic E-state index is 12.7. The number of carbonyl (C=O) groups excluding carboxylic acids is 2. The molecule has 3 aromatic carbocycles. The average molecular weight is 496 g/mol. The number of benzene rings is 3. The highest BCUT2D eigenvalue weighted by atomic mass is 32.1. The summed E-state index contributed by atoms with van der Waals surface area (Å²) in [6.45, 7) is 0.547. The quantitative estimate of drug-likeness (QED) is 0.236. The first-order chi connectivity index (χ1) is 17.0. The Bertz CT molecular complexity index is 1170. The van der Waals surface area contributed by atoms with Crippen LogP contribution in [0, 0.1) is 0 Å². The second-order valence-electron chi connectivity index (χ2n) is 6.94. The predicted molar refractivity (Wildman–Crippen MR) is 134 cm³/mol. The summed E-state index contributed by atoms with van der Waals surface area (Å²) >= 11 is 5.13. The van der Waals surface area contributed by atoms with E-state index in [1.54, 1.807) is 36.4 Å². The number of nitrogens with one attached hydrogen (secondary N) is 3. The summed E-state index contributed by atoms with van der Waals surface area (Å²) < 4.78 is 21.7. The van der Waals surface area contributed by atoms with Gasteiger partial charge in [0.15, 0.2) is 16.6 Å². The fraction of sp³-hybridized carbons (Fsp3) is 0.160. The van der Waals surface area contributed by atoms with Gasteiger partial charge < -0.3 is 18.9 Å². The lowest BCUT2D eigenvalue weighted by atomic mass is 10.2. The van der Waals surface area contributed by atoms with Crippen LogP contribution in [0.25, 0.3) is 0 Å². The molecule has 0 bridgehead atoms. The molecule has 0 radical (unpaired) electrons. The summed E-state index contributed by atoms with van der Waals surface area (Å²) in [6, 6.07) is 20.8. The van der Waals surface area contributed by atoms with Gasteiger partial charge in [-0.3, -0.25) is 25.8 Å². The maximum Gasteiger partial charge on any atom is 0.269 e. The summed E-state index contributed by atoms with van der Waals surface area (Å²) in [4.78, 5) is 25.1. The van der Waals surface area contributed by atoms with Crippen LogP contribution in [0.5, 0.6) is 23.0 Å². The van der Waals surface area contributed by atoms with Crippen LogP contribution in [0.15, 0.2) is 72.8 Å². The summed E-state index contributed by atoms with van der Waals surface area (Å²) in [5.74, 6) is 1.02. The van der Waals surface area contributed by atoms with E-state index in [1.165, 1.54) is 20.3 Å². The van der Waals surface area contributed by atoms with Crippen molar-refractivity contribution in [2.45, 2.75) is 0 Å². The third-order valence-corrected chi connectivity index (χ3v) is 4.85. The molecule has 0 saturated carbocycles. The van der Waals surface area contributed by atoms with E-state index in [2.05, 4.69) is 16.2 Å². The molecule has 0 aliphatic rings. The Morgan fingerprint density at radius 3 is 2.17 bits per heavy atom. The number of rotatable bonds is 9. The van der Waals surface area contributed by atoms with Gasteiger partial charge in [0.25, 0.3) is 11.8 Å². The Kier molecular flexibility index (Phi) is 9.26. The SMILES string of the molecule is COc1ccc(C(=O)NNC(=S)NC(=O)c2ccccc2OCCOc2ccccc2)cc1OC. The number of hydrogen-bond donors (Lipinski definition) is 3. The number of carbonyl (C=O) groups is 2. The molecule has 10 heteroatoms. The second-order valence-corrected chi connectivity index (χ2v) is 7.35. The standard InChI is InChI=1S/C25H25N3O6S/c1-31-21-13-12-17(16-22(21)32-2)23(29)27-28-25(35)26-24(30)19-10-6-7-11-20(19)34-15-14-33-18-8-4-3-5-9-18/h3-13,16H,14-15H2,1-2H3,(H,27,29)(H2,26,28,30,35). The molecule has 0 fully saturated rings. The fourth-order valence-corrected chi connectivity index (χ4v) is 3.12. The number of hydrogen-bond acceptors (Lipinski definition) is 7. The highest BCUT2D eigenvalue weighted by Crippen LogP contribution is 2.27. The zero-order chi connectivity index (χ0) is 25.0. The van der Waals surface area contributed by atoms with E-state index in [4.69, 9.17) is 31.2 Å².